The van der Waals surface area contributed by atoms with Crippen molar-refractivity contribution >= 4 is 11.8 Å². The second-order valence-corrected chi connectivity index (χ2v) is 7.73. The lowest BCUT2D eigenvalue weighted by atomic mass is 9.69. The van der Waals surface area contributed by atoms with E-state index in [-0.39, 0.29) is 17.2 Å². The summed E-state index contributed by atoms with van der Waals surface area (Å²) in [4.78, 5) is 27.1. The molecule has 2 aliphatic carbocycles. The highest BCUT2D eigenvalue weighted by atomic mass is 16.2. The summed E-state index contributed by atoms with van der Waals surface area (Å²) in [5.74, 6) is 0.838. The van der Waals surface area contributed by atoms with Gasteiger partial charge in [0.1, 0.15) is 5.69 Å². The molecular formula is C19H26N4O2. The Labute approximate surface area is 148 Å². The number of hydrogen-bond acceptors (Lipinski definition) is 3. The number of nitrogens with zero attached hydrogens (tertiary/aromatic N) is 3. The van der Waals surface area contributed by atoms with Crippen molar-refractivity contribution in [2.45, 2.75) is 44.9 Å². The number of fused-ring (bicyclic) bond motifs is 1. The Hall–Kier alpha value is -2.11. The van der Waals surface area contributed by atoms with Gasteiger partial charge >= 0.3 is 0 Å². The van der Waals surface area contributed by atoms with E-state index in [0.717, 1.165) is 32.2 Å². The van der Waals surface area contributed by atoms with Crippen LogP contribution in [0, 0.1) is 11.3 Å². The van der Waals surface area contributed by atoms with Crippen molar-refractivity contribution in [2.75, 3.05) is 13.1 Å². The van der Waals surface area contributed by atoms with Crippen molar-refractivity contribution in [1.82, 2.24) is 20.0 Å². The number of carbonyl (C=O) groups is 2. The number of carbonyl (C=O) groups excluding carboxylic acids is 2. The zero-order chi connectivity index (χ0) is 17.4. The Morgan fingerprint density at radius 1 is 1.40 bits per heavy atom. The van der Waals surface area contributed by atoms with Gasteiger partial charge in [-0.3, -0.25) is 14.3 Å². The number of hydrogen-bond donors (Lipinski definition) is 1. The molecule has 2 amide bonds. The maximum atomic E-state index is 12.5. The summed E-state index contributed by atoms with van der Waals surface area (Å²) in [6.07, 6.45) is 11.0. The van der Waals surface area contributed by atoms with Gasteiger partial charge in [-0.2, -0.15) is 5.10 Å². The summed E-state index contributed by atoms with van der Waals surface area (Å²) >= 11 is 0. The van der Waals surface area contributed by atoms with E-state index in [0.29, 0.717) is 24.6 Å². The summed E-state index contributed by atoms with van der Waals surface area (Å²) in [7, 11) is 1.77. The fourth-order valence-electron chi connectivity index (χ4n) is 4.25. The van der Waals surface area contributed by atoms with E-state index in [2.05, 4.69) is 16.5 Å². The monoisotopic (exact) mass is 342 g/mol. The number of allylic oxidation sites excluding steroid dienone is 1. The maximum Gasteiger partial charge on any atom is 0.269 e. The fourth-order valence-corrected chi connectivity index (χ4v) is 4.25. The van der Waals surface area contributed by atoms with Crippen molar-refractivity contribution in [2.24, 2.45) is 18.4 Å². The molecule has 0 spiro atoms. The van der Waals surface area contributed by atoms with Crippen molar-refractivity contribution in [1.29, 1.82) is 0 Å². The van der Waals surface area contributed by atoms with Gasteiger partial charge in [-0.25, -0.2) is 0 Å². The van der Waals surface area contributed by atoms with Crippen molar-refractivity contribution in [3.05, 3.63) is 29.7 Å². The molecule has 1 unspecified atom stereocenters. The average molecular weight is 342 g/mol. The summed E-state index contributed by atoms with van der Waals surface area (Å²) < 4.78 is 1.59. The fraction of sp³-hybridized carbons (Fsp3) is 0.632. The molecule has 2 heterocycles. The quantitative estimate of drug-likeness (QED) is 0.892. The Balaban J connectivity index is 1.52. The van der Waals surface area contributed by atoms with E-state index >= 15 is 0 Å². The lowest BCUT2D eigenvalue weighted by Gasteiger charge is -2.47. The van der Waals surface area contributed by atoms with Crippen LogP contribution in [-0.4, -0.2) is 39.6 Å². The first-order valence-electron chi connectivity index (χ1n) is 9.36. The van der Waals surface area contributed by atoms with Crippen LogP contribution in [0.4, 0.5) is 0 Å². The van der Waals surface area contributed by atoms with Gasteiger partial charge in [-0.1, -0.05) is 6.08 Å². The van der Waals surface area contributed by atoms with Crippen LogP contribution < -0.4 is 5.32 Å². The number of rotatable bonds is 5. The van der Waals surface area contributed by atoms with E-state index in [4.69, 9.17) is 0 Å². The highest BCUT2D eigenvalue weighted by Crippen LogP contribution is 2.47. The van der Waals surface area contributed by atoms with Crippen molar-refractivity contribution in [3.63, 3.8) is 0 Å². The minimum Gasteiger partial charge on any atom is -0.350 e. The summed E-state index contributed by atoms with van der Waals surface area (Å²) in [6.45, 7) is 1.46. The van der Waals surface area contributed by atoms with Gasteiger partial charge in [0.25, 0.3) is 5.91 Å². The molecule has 1 aromatic rings. The molecule has 4 rings (SSSR count). The number of aryl methyl sites for hydroxylation is 1. The highest BCUT2D eigenvalue weighted by molar-refractivity contribution is 5.92. The van der Waals surface area contributed by atoms with E-state index < -0.39 is 0 Å². The second-order valence-electron chi connectivity index (χ2n) is 7.73. The molecule has 134 valence electrons. The summed E-state index contributed by atoms with van der Waals surface area (Å²) in [6, 6.07) is 1.73. The highest BCUT2D eigenvalue weighted by Gasteiger charge is 2.45. The minimum atomic E-state index is -0.0926. The maximum absolute atomic E-state index is 12.5. The Bertz CT molecular complexity index is 719. The Morgan fingerprint density at radius 3 is 2.96 bits per heavy atom. The van der Waals surface area contributed by atoms with Crippen molar-refractivity contribution in [3.8, 4) is 0 Å². The molecule has 6 nitrogen and oxygen atoms in total. The Morgan fingerprint density at radius 2 is 2.24 bits per heavy atom. The molecular weight excluding hydrogens is 316 g/mol. The summed E-state index contributed by atoms with van der Waals surface area (Å²) in [5, 5.41) is 7.18. The standard InChI is InChI=1S/C19H26N4O2/c1-22-15(8-11-21-22)18(25)20-13-19-9-3-2-4-16(19)23(12-14-5-6-14)17(24)7-10-19/h4,8,11,14H,2-3,5-7,9-10,12-13H2,1H3,(H,20,25). The van der Waals surface area contributed by atoms with Gasteiger partial charge in [0.05, 0.1) is 0 Å². The van der Waals surface area contributed by atoms with Gasteiger partial charge < -0.3 is 10.2 Å². The molecule has 25 heavy (non-hydrogen) atoms. The van der Waals surface area contributed by atoms with Gasteiger partial charge in [0.2, 0.25) is 5.91 Å². The van der Waals surface area contributed by atoms with Crippen LogP contribution in [0.1, 0.15) is 55.4 Å². The van der Waals surface area contributed by atoms with Crippen LogP contribution in [0.15, 0.2) is 24.0 Å². The van der Waals surface area contributed by atoms with Gasteiger partial charge in [-0.15, -0.1) is 0 Å². The molecule has 1 aliphatic heterocycles. The molecule has 6 heteroatoms. The predicted molar refractivity (Wildman–Crippen MR) is 93.6 cm³/mol. The van der Waals surface area contributed by atoms with Crippen LogP contribution in [-0.2, 0) is 11.8 Å². The first-order valence-corrected chi connectivity index (χ1v) is 9.36. The van der Waals surface area contributed by atoms with Crippen LogP contribution >= 0.6 is 0 Å². The molecule has 1 saturated carbocycles. The minimum absolute atomic E-state index is 0.0880. The Kier molecular flexibility index (Phi) is 4.13. The third-order valence-electron chi connectivity index (χ3n) is 5.93. The molecule has 0 radical (unpaired) electrons. The number of piperidine rings is 1. The second kappa shape index (κ2) is 6.32. The van der Waals surface area contributed by atoms with Gasteiger partial charge in [0.15, 0.2) is 0 Å². The first kappa shape index (κ1) is 16.4. The third-order valence-corrected chi connectivity index (χ3v) is 5.93. The third kappa shape index (κ3) is 3.10. The van der Waals surface area contributed by atoms with Crippen LogP contribution in [0.2, 0.25) is 0 Å². The molecule has 1 atom stereocenters. The molecule has 0 bridgehead atoms. The number of likely N-dealkylation sites (tertiary alicyclic amines) is 1. The van der Waals surface area contributed by atoms with E-state index in [1.807, 2.05) is 4.90 Å². The topological polar surface area (TPSA) is 67.2 Å². The zero-order valence-corrected chi connectivity index (χ0v) is 14.8. The normalized spacial score (nSPS) is 26.2. The molecule has 3 aliphatic rings. The van der Waals surface area contributed by atoms with Gasteiger partial charge in [0, 0.05) is 43.9 Å². The van der Waals surface area contributed by atoms with Crippen LogP contribution in [0.5, 0.6) is 0 Å². The van der Waals surface area contributed by atoms with E-state index in [9.17, 15) is 9.59 Å². The first-order chi connectivity index (χ1) is 12.1. The summed E-state index contributed by atoms with van der Waals surface area (Å²) in [5.41, 5.74) is 1.65. The SMILES string of the molecule is Cn1nccc1C(=O)NCC12CCCC=C1N(CC1CC1)C(=O)CC2. The lowest BCUT2D eigenvalue weighted by Crippen LogP contribution is -2.51. The smallest absolute Gasteiger partial charge is 0.269 e. The van der Waals surface area contributed by atoms with E-state index in [1.165, 1.54) is 18.5 Å². The van der Waals surface area contributed by atoms with Crippen molar-refractivity contribution < 1.29 is 9.59 Å². The zero-order valence-electron chi connectivity index (χ0n) is 14.8. The largest absolute Gasteiger partial charge is 0.350 e. The molecule has 0 aromatic carbocycles. The molecule has 1 N–H and O–H groups in total. The lowest BCUT2D eigenvalue weighted by molar-refractivity contribution is -0.134. The number of amides is 2. The number of aromatic nitrogens is 2. The molecule has 2 fully saturated rings. The molecule has 1 saturated heterocycles. The molecule has 1 aromatic heterocycles. The predicted octanol–water partition coefficient (Wildman–Crippen LogP) is 2.24. The average Bonchev–Trinajstić information content (AvgIpc) is 3.34. The van der Waals surface area contributed by atoms with Crippen LogP contribution in [0.25, 0.3) is 0 Å². The van der Waals surface area contributed by atoms with Crippen LogP contribution in [0.3, 0.4) is 0 Å². The number of nitrogens with one attached hydrogen (secondary N) is 1. The van der Waals surface area contributed by atoms with Gasteiger partial charge in [-0.05, 0) is 50.5 Å². The van der Waals surface area contributed by atoms with E-state index in [1.54, 1.807) is 24.0 Å².